The summed E-state index contributed by atoms with van der Waals surface area (Å²) in [7, 11) is 0. The van der Waals surface area contributed by atoms with Crippen LogP contribution in [0.1, 0.15) is 29.3 Å². The van der Waals surface area contributed by atoms with Crippen LogP contribution >= 0.6 is 46.3 Å². The van der Waals surface area contributed by atoms with Crippen molar-refractivity contribution in [3.63, 3.8) is 0 Å². The molecule has 0 fully saturated rings. The van der Waals surface area contributed by atoms with Crippen LogP contribution in [0.2, 0.25) is 10.0 Å². The topological polar surface area (TPSA) is 85.8 Å². The summed E-state index contributed by atoms with van der Waals surface area (Å²) in [6.07, 6.45) is 1.57. The molecular weight excluding hydrogens is 477 g/mol. The summed E-state index contributed by atoms with van der Waals surface area (Å²) in [4.78, 5) is 16.6. The molecule has 160 valence electrons. The lowest BCUT2D eigenvalue weighted by atomic mass is 10.3. The largest absolute Gasteiger partial charge is 0.461 e. The molecule has 0 saturated carbocycles. The van der Waals surface area contributed by atoms with Crippen molar-refractivity contribution in [2.45, 2.75) is 30.8 Å². The normalized spacial score (nSPS) is 11.3. The number of amides is 1. The number of thioether (sulfide) groups is 1. The standard InChI is InChI=1S/C20H17Cl2N5O2S2/c1-11(2)23-19(28)14-9-30-17(24-14)10-31-20-26-25-18(16-4-3-7-29-16)27(20)15-6-5-12(21)8-13(15)22/h3-9,11H,10H2,1-2H3,(H,23,28). The Morgan fingerprint density at radius 1 is 1.29 bits per heavy atom. The van der Waals surface area contributed by atoms with Gasteiger partial charge in [-0.05, 0) is 44.2 Å². The first-order valence-electron chi connectivity index (χ1n) is 9.25. The zero-order valence-corrected chi connectivity index (χ0v) is 19.6. The molecule has 0 aliphatic heterocycles. The molecule has 3 heterocycles. The molecule has 31 heavy (non-hydrogen) atoms. The highest BCUT2D eigenvalue weighted by Gasteiger charge is 2.21. The number of thiazole rings is 1. The van der Waals surface area contributed by atoms with Gasteiger partial charge in [0.05, 0.1) is 22.7 Å². The number of furan rings is 1. The average Bonchev–Trinajstić information content (AvgIpc) is 3.46. The van der Waals surface area contributed by atoms with Crippen LogP contribution in [0.25, 0.3) is 17.3 Å². The lowest BCUT2D eigenvalue weighted by Crippen LogP contribution is -2.30. The molecule has 3 aromatic heterocycles. The van der Waals surface area contributed by atoms with Gasteiger partial charge in [0.2, 0.25) is 5.82 Å². The molecule has 0 aliphatic carbocycles. The molecule has 0 spiro atoms. The van der Waals surface area contributed by atoms with Crippen molar-refractivity contribution >= 4 is 52.2 Å². The Morgan fingerprint density at radius 3 is 2.84 bits per heavy atom. The van der Waals surface area contributed by atoms with Crippen molar-refractivity contribution in [1.82, 2.24) is 25.1 Å². The highest BCUT2D eigenvalue weighted by atomic mass is 35.5. The molecule has 7 nitrogen and oxygen atoms in total. The number of nitrogens with one attached hydrogen (secondary N) is 1. The molecule has 4 aromatic rings. The van der Waals surface area contributed by atoms with E-state index in [2.05, 4.69) is 20.5 Å². The Hall–Kier alpha value is -2.33. The lowest BCUT2D eigenvalue weighted by molar-refractivity contribution is 0.0938. The van der Waals surface area contributed by atoms with Gasteiger partial charge in [-0.2, -0.15) is 0 Å². The van der Waals surface area contributed by atoms with Gasteiger partial charge in [-0.25, -0.2) is 4.98 Å². The first-order valence-corrected chi connectivity index (χ1v) is 11.9. The van der Waals surface area contributed by atoms with E-state index >= 15 is 0 Å². The van der Waals surface area contributed by atoms with Crippen molar-refractivity contribution in [2.75, 3.05) is 0 Å². The van der Waals surface area contributed by atoms with Crippen LogP contribution in [0, 0.1) is 0 Å². The highest BCUT2D eigenvalue weighted by Crippen LogP contribution is 2.34. The lowest BCUT2D eigenvalue weighted by Gasteiger charge is -2.11. The third-order valence-corrected chi connectivity index (χ3v) is 6.56. The molecule has 0 radical (unpaired) electrons. The minimum atomic E-state index is -0.182. The molecule has 1 aromatic carbocycles. The number of nitrogens with zero attached hydrogens (tertiary/aromatic N) is 4. The Bertz CT molecular complexity index is 1200. The molecule has 0 bridgehead atoms. The van der Waals surface area contributed by atoms with Gasteiger partial charge >= 0.3 is 0 Å². The summed E-state index contributed by atoms with van der Waals surface area (Å²) in [6.45, 7) is 3.82. The minimum Gasteiger partial charge on any atom is -0.461 e. The summed E-state index contributed by atoms with van der Waals surface area (Å²) in [5, 5.41) is 15.6. The van der Waals surface area contributed by atoms with Gasteiger partial charge < -0.3 is 9.73 Å². The Kier molecular flexibility index (Phi) is 6.66. The van der Waals surface area contributed by atoms with Gasteiger partial charge in [-0.3, -0.25) is 9.36 Å². The third-order valence-electron chi connectivity index (χ3n) is 4.05. The first kappa shape index (κ1) is 21.9. The second-order valence-corrected chi connectivity index (χ2v) is 9.49. The van der Waals surface area contributed by atoms with E-state index in [1.165, 1.54) is 23.1 Å². The Labute approximate surface area is 196 Å². The highest BCUT2D eigenvalue weighted by molar-refractivity contribution is 7.98. The maximum absolute atomic E-state index is 12.1. The van der Waals surface area contributed by atoms with Crippen LogP contribution in [0.4, 0.5) is 0 Å². The smallest absolute Gasteiger partial charge is 0.270 e. The maximum atomic E-state index is 12.1. The number of rotatable bonds is 7. The van der Waals surface area contributed by atoms with Crippen LogP contribution < -0.4 is 5.32 Å². The average molecular weight is 494 g/mol. The van der Waals surface area contributed by atoms with Crippen LogP contribution in [-0.2, 0) is 5.75 Å². The van der Waals surface area contributed by atoms with Crippen molar-refractivity contribution in [1.29, 1.82) is 0 Å². The van der Waals surface area contributed by atoms with Crippen LogP contribution in [0.15, 0.2) is 51.5 Å². The van der Waals surface area contributed by atoms with E-state index in [4.69, 9.17) is 27.6 Å². The monoisotopic (exact) mass is 493 g/mol. The number of hydrogen-bond donors (Lipinski definition) is 1. The summed E-state index contributed by atoms with van der Waals surface area (Å²) < 4.78 is 7.35. The van der Waals surface area contributed by atoms with E-state index in [0.717, 1.165) is 5.01 Å². The molecular formula is C20H17Cl2N5O2S2. The number of benzene rings is 1. The van der Waals surface area contributed by atoms with E-state index in [1.54, 1.807) is 35.9 Å². The SMILES string of the molecule is CC(C)NC(=O)c1csc(CSc2nnc(-c3ccco3)n2-c2ccc(Cl)cc2Cl)n1. The molecule has 0 atom stereocenters. The maximum Gasteiger partial charge on any atom is 0.270 e. The molecule has 0 unspecified atom stereocenters. The Balaban J connectivity index is 1.62. The molecule has 1 amide bonds. The van der Waals surface area contributed by atoms with Gasteiger partial charge in [0.15, 0.2) is 10.9 Å². The fraction of sp³-hybridized carbons (Fsp3) is 0.200. The predicted molar refractivity (Wildman–Crippen MR) is 123 cm³/mol. The minimum absolute atomic E-state index is 0.0507. The fourth-order valence-electron chi connectivity index (χ4n) is 2.75. The molecule has 0 aliphatic rings. The number of halogens is 2. The van der Waals surface area contributed by atoms with Gasteiger partial charge in [0.25, 0.3) is 5.91 Å². The van der Waals surface area contributed by atoms with E-state index < -0.39 is 0 Å². The molecule has 0 saturated heterocycles. The summed E-state index contributed by atoms with van der Waals surface area (Å²) >= 11 is 15.4. The molecule has 11 heteroatoms. The Morgan fingerprint density at radius 2 is 2.13 bits per heavy atom. The number of hydrogen-bond acceptors (Lipinski definition) is 7. The van der Waals surface area contributed by atoms with E-state index in [0.29, 0.717) is 43.9 Å². The predicted octanol–water partition coefficient (Wildman–Crippen LogP) is 5.72. The number of carbonyl (C=O) groups excluding carboxylic acids is 1. The summed E-state index contributed by atoms with van der Waals surface area (Å²) in [6, 6.07) is 8.86. The van der Waals surface area contributed by atoms with Crippen molar-refractivity contribution in [3.05, 3.63) is 62.7 Å². The van der Waals surface area contributed by atoms with E-state index in [1.807, 2.05) is 24.5 Å². The van der Waals surface area contributed by atoms with Crippen LogP contribution in [-0.4, -0.2) is 31.7 Å². The zero-order chi connectivity index (χ0) is 22.0. The van der Waals surface area contributed by atoms with E-state index in [-0.39, 0.29) is 11.9 Å². The van der Waals surface area contributed by atoms with Crippen molar-refractivity contribution < 1.29 is 9.21 Å². The third kappa shape index (κ3) is 4.95. The van der Waals surface area contributed by atoms with E-state index in [9.17, 15) is 4.79 Å². The van der Waals surface area contributed by atoms with Gasteiger partial charge in [0.1, 0.15) is 10.7 Å². The first-order chi connectivity index (χ1) is 14.9. The number of aromatic nitrogens is 4. The number of carbonyl (C=O) groups is 1. The van der Waals surface area contributed by atoms with Crippen molar-refractivity contribution in [3.8, 4) is 17.3 Å². The van der Waals surface area contributed by atoms with Crippen molar-refractivity contribution in [2.24, 2.45) is 0 Å². The fourth-order valence-corrected chi connectivity index (χ4v) is 4.98. The van der Waals surface area contributed by atoms with Crippen LogP contribution in [0.3, 0.4) is 0 Å². The molecule has 1 N–H and O–H groups in total. The second kappa shape index (κ2) is 9.44. The van der Waals surface area contributed by atoms with Gasteiger partial charge in [0, 0.05) is 16.4 Å². The van der Waals surface area contributed by atoms with Gasteiger partial charge in [-0.1, -0.05) is 35.0 Å². The summed E-state index contributed by atoms with van der Waals surface area (Å²) in [5.74, 6) is 1.42. The molecule has 4 rings (SSSR count). The second-order valence-electron chi connectivity index (χ2n) is 6.76. The zero-order valence-electron chi connectivity index (χ0n) is 16.5. The summed E-state index contributed by atoms with van der Waals surface area (Å²) in [5.41, 5.74) is 1.09. The van der Waals surface area contributed by atoms with Crippen LogP contribution in [0.5, 0.6) is 0 Å². The quantitative estimate of drug-likeness (QED) is 0.331. The van der Waals surface area contributed by atoms with Gasteiger partial charge in [-0.15, -0.1) is 21.5 Å².